The SMILES string of the molecule is O=C(CCn1nnc(-c2ccc(Br)cc2)n1)Nc1ccccc1F. The van der Waals surface area contributed by atoms with Crippen molar-refractivity contribution in [3.05, 3.63) is 58.8 Å². The molecular weight excluding hydrogens is 377 g/mol. The number of halogens is 2. The van der Waals surface area contributed by atoms with Crippen molar-refractivity contribution in [3.63, 3.8) is 0 Å². The molecule has 122 valence electrons. The van der Waals surface area contributed by atoms with Crippen molar-refractivity contribution in [3.8, 4) is 11.4 Å². The Bertz CT molecular complexity index is 850. The highest BCUT2D eigenvalue weighted by Gasteiger charge is 2.09. The third-order valence-electron chi connectivity index (χ3n) is 3.24. The Balaban J connectivity index is 1.58. The van der Waals surface area contributed by atoms with E-state index in [9.17, 15) is 9.18 Å². The summed E-state index contributed by atoms with van der Waals surface area (Å²) in [6, 6.07) is 13.5. The maximum atomic E-state index is 13.5. The molecule has 1 aromatic heterocycles. The van der Waals surface area contributed by atoms with Gasteiger partial charge in [0.05, 0.1) is 12.2 Å². The van der Waals surface area contributed by atoms with Gasteiger partial charge in [-0.05, 0) is 41.6 Å². The first-order valence-corrected chi connectivity index (χ1v) is 7.99. The molecule has 0 bridgehead atoms. The molecule has 3 aromatic rings. The standard InChI is InChI=1S/C16H13BrFN5O/c17-12-7-5-11(6-8-12)16-20-22-23(21-16)10-9-15(24)19-14-4-2-1-3-13(14)18/h1-8H,9-10H2,(H,19,24). The average Bonchev–Trinajstić information content (AvgIpc) is 3.05. The fourth-order valence-electron chi connectivity index (χ4n) is 2.03. The highest BCUT2D eigenvalue weighted by molar-refractivity contribution is 9.10. The van der Waals surface area contributed by atoms with Crippen LogP contribution < -0.4 is 5.32 Å². The van der Waals surface area contributed by atoms with Gasteiger partial charge in [-0.25, -0.2) is 4.39 Å². The molecule has 8 heteroatoms. The summed E-state index contributed by atoms with van der Waals surface area (Å²) in [5.41, 5.74) is 0.991. The molecule has 1 amide bonds. The van der Waals surface area contributed by atoms with E-state index in [0.29, 0.717) is 5.82 Å². The van der Waals surface area contributed by atoms with Gasteiger partial charge in [-0.3, -0.25) is 4.79 Å². The number of benzene rings is 2. The van der Waals surface area contributed by atoms with E-state index in [1.807, 2.05) is 24.3 Å². The summed E-state index contributed by atoms with van der Waals surface area (Å²) in [5, 5.41) is 14.6. The number of carbonyl (C=O) groups is 1. The van der Waals surface area contributed by atoms with E-state index in [1.54, 1.807) is 12.1 Å². The first kappa shape index (κ1) is 16.3. The van der Waals surface area contributed by atoms with Crippen LogP contribution in [-0.4, -0.2) is 26.1 Å². The first-order chi connectivity index (χ1) is 11.6. The summed E-state index contributed by atoms with van der Waals surface area (Å²) in [5.74, 6) is -0.304. The summed E-state index contributed by atoms with van der Waals surface area (Å²) in [7, 11) is 0. The molecule has 0 aliphatic heterocycles. The van der Waals surface area contributed by atoms with Gasteiger partial charge < -0.3 is 5.32 Å². The lowest BCUT2D eigenvalue weighted by Crippen LogP contribution is -2.16. The molecule has 0 radical (unpaired) electrons. The predicted molar refractivity (Wildman–Crippen MR) is 90.6 cm³/mol. The van der Waals surface area contributed by atoms with E-state index < -0.39 is 5.82 Å². The van der Waals surface area contributed by atoms with Crippen LogP contribution in [0.2, 0.25) is 0 Å². The third kappa shape index (κ3) is 4.02. The van der Waals surface area contributed by atoms with Gasteiger partial charge in [0.1, 0.15) is 5.82 Å². The number of nitrogens with one attached hydrogen (secondary N) is 1. The summed E-state index contributed by atoms with van der Waals surface area (Å²) in [4.78, 5) is 13.2. The van der Waals surface area contributed by atoms with E-state index in [1.165, 1.54) is 16.9 Å². The van der Waals surface area contributed by atoms with Crippen molar-refractivity contribution in [2.75, 3.05) is 5.32 Å². The number of tetrazole rings is 1. The van der Waals surface area contributed by atoms with Crippen LogP contribution in [0.4, 0.5) is 10.1 Å². The van der Waals surface area contributed by atoms with Crippen molar-refractivity contribution in [1.82, 2.24) is 20.2 Å². The van der Waals surface area contributed by atoms with Crippen LogP contribution >= 0.6 is 15.9 Å². The Morgan fingerprint density at radius 3 is 2.67 bits per heavy atom. The summed E-state index contributed by atoms with van der Waals surface area (Å²) in [6.45, 7) is 0.254. The Morgan fingerprint density at radius 1 is 1.17 bits per heavy atom. The number of nitrogens with zero attached hydrogens (tertiary/aromatic N) is 4. The largest absolute Gasteiger partial charge is 0.324 e. The molecule has 0 aliphatic rings. The van der Waals surface area contributed by atoms with Gasteiger partial charge in [0.15, 0.2) is 0 Å². The average molecular weight is 390 g/mol. The van der Waals surface area contributed by atoms with E-state index in [-0.39, 0.29) is 24.6 Å². The van der Waals surface area contributed by atoms with Crippen LogP contribution in [0.25, 0.3) is 11.4 Å². The number of hydrogen-bond acceptors (Lipinski definition) is 4. The minimum atomic E-state index is -0.470. The molecule has 1 heterocycles. The third-order valence-corrected chi connectivity index (χ3v) is 3.77. The van der Waals surface area contributed by atoms with Crippen molar-refractivity contribution in [2.45, 2.75) is 13.0 Å². The fourth-order valence-corrected chi connectivity index (χ4v) is 2.29. The van der Waals surface area contributed by atoms with Crippen molar-refractivity contribution in [2.24, 2.45) is 0 Å². The van der Waals surface area contributed by atoms with E-state index in [0.717, 1.165) is 10.0 Å². The molecule has 2 aromatic carbocycles. The fraction of sp³-hybridized carbons (Fsp3) is 0.125. The number of rotatable bonds is 5. The number of hydrogen-bond donors (Lipinski definition) is 1. The highest BCUT2D eigenvalue weighted by Crippen LogP contribution is 2.17. The molecule has 1 N–H and O–H groups in total. The molecular formula is C16H13BrFN5O. The van der Waals surface area contributed by atoms with Crippen LogP contribution in [0.3, 0.4) is 0 Å². The number of para-hydroxylation sites is 1. The number of aryl methyl sites for hydroxylation is 1. The lowest BCUT2D eigenvalue weighted by molar-refractivity contribution is -0.116. The molecule has 0 saturated heterocycles. The zero-order valence-electron chi connectivity index (χ0n) is 12.5. The normalized spacial score (nSPS) is 10.6. The second-order valence-electron chi connectivity index (χ2n) is 4.99. The molecule has 0 unspecified atom stereocenters. The van der Waals surface area contributed by atoms with Gasteiger partial charge in [0, 0.05) is 16.5 Å². The highest BCUT2D eigenvalue weighted by atomic mass is 79.9. The summed E-state index contributed by atoms with van der Waals surface area (Å²) >= 11 is 3.36. The van der Waals surface area contributed by atoms with Gasteiger partial charge in [-0.15, -0.1) is 10.2 Å². The Hall–Kier alpha value is -2.61. The predicted octanol–water partition coefficient (Wildman–Crippen LogP) is 3.27. The zero-order valence-corrected chi connectivity index (χ0v) is 14.1. The maximum absolute atomic E-state index is 13.5. The Morgan fingerprint density at radius 2 is 1.92 bits per heavy atom. The van der Waals surface area contributed by atoms with Gasteiger partial charge in [0.2, 0.25) is 11.7 Å². The monoisotopic (exact) mass is 389 g/mol. The minimum absolute atomic E-state index is 0.116. The van der Waals surface area contributed by atoms with Crippen LogP contribution in [0.5, 0.6) is 0 Å². The van der Waals surface area contributed by atoms with Gasteiger partial charge >= 0.3 is 0 Å². The second-order valence-corrected chi connectivity index (χ2v) is 5.91. The molecule has 0 spiro atoms. The second kappa shape index (κ2) is 7.31. The number of carbonyl (C=O) groups excluding carboxylic acids is 1. The number of amides is 1. The number of aromatic nitrogens is 4. The van der Waals surface area contributed by atoms with Crippen LogP contribution in [-0.2, 0) is 11.3 Å². The maximum Gasteiger partial charge on any atom is 0.226 e. The van der Waals surface area contributed by atoms with Crippen LogP contribution in [0.1, 0.15) is 6.42 Å². The molecule has 0 fully saturated rings. The molecule has 3 rings (SSSR count). The summed E-state index contributed by atoms with van der Waals surface area (Å²) < 4.78 is 14.4. The lowest BCUT2D eigenvalue weighted by atomic mass is 10.2. The first-order valence-electron chi connectivity index (χ1n) is 7.20. The Labute approximate surface area is 145 Å². The molecule has 6 nitrogen and oxygen atoms in total. The van der Waals surface area contributed by atoms with Crippen molar-refractivity contribution in [1.29, 1.82) is 0 Å². The van der Waals surface area contributed by atoms with Gasteiger partial charge in [-0.1, -0.05) is 28.1 Å². The Kier molecular flexibility index (Phi) is 4.95. The molecule has 0 atom stereocenters. The van der Waals surface area contributed by atoms with Gasteiger partial charge in [-0.2, -0.15) is 4.80 Å². The molecule has 0 aliphatic carbocycles. The lowest BCUT2D eigenvalue weighted by Gasteiger charge is -2.05. The van der Waals surface area contributed by atoms with E-state index >= 15 is 0 Å². The van der Waals surface area contributed by atoms with E-state index in [4.69, 9.17) is 0 Å². The minimum Gasteiger partial charge on any atom is -0.324 e. The zero-order chi connectivity index (χ0) is 16.9. The molecule has 0 saturated carbocycles. The molecule has 24 heavy (non-hydrogen) atoms. The van der Waals surface area contributed by atoms with Crippen molar-refractivity contribution < 1.29 is 9.18 Å². The summed E-state index contributed by atoms with van der Waals surface area (Å²) in [6.07, 6.45) is 0.116. The quantitative estimate of drug-likeness (QED) is 0.726. The van der Waals surface area contributed by atoms with E-state index in [2.05, 4.69) is 36.7 Å². The van der Waals surface area contributed by atoms with Crippen molar-refractivity contribution >= 4 is 27.5 Å². The number of anilines is 1. The topological polar surface area (TPSA) is 72.7 Å². The smallest absolute Gasteiger partial charge is 0.226 e. The van der Waals surface area contributed by atoms with Gasteiger partial charge in [0.25, 0.3) is 0 Å². The van der Waals surface area contributed by atoms with Crippen LogP contribution in [0, 0.1) is 5.82 Å². The van der Waals surface area contributed by atoms with Crippen LogP contribution in [0.15, 0.2) is 53.0 Å².